The zero-order valence-electron chi connectivity index (χ0n) is 9.44. The summed E-state index contributed by atoms with van der Waals surface area (Å²) in [6.45, 7) is 6.80. The van der Waals surface area contributed by atoms with E-state index in [2.05, 4.69) is 16.1 Å². The summed E-state index contributed by atoms with van der Waals surface area (Å²) in [5, 5.41) is 0. The van der Waals surface area contributed by atoms with E-state index in [1.807, 2.05) is 0 Å². The molecular formula is C10H14O6. The van der Waals surface area contributed by atoms with Crippen molar-refractivity contribution < 1.29 is 28.6 Å². The molecule has 0 aliphatic rings. The summed E-state index contributed by atoms with van der Waals surface area (Å²) >= 11 is 0. The molecule has 0 fully saturated rings. The molecule has 0 heterocycles. The quantitative estimate of drug-likeness (QED) is 0.390. The van der Waals surface area contributed by atoms with Crippen LogP contribution in [0.1, 0.15) is 20.8 Å². The maximum Gasteiger partial charge on any atom is 0.336 e. The van der Waals surface area contributed by atoms with Crippen molar-refractivity contribution in [2.75, 3.05) is 6.61 Å². The number of hydrogen-bond donors (Lipinski definition) is 0. The highest BCUT2D eigenvalue weighted by atomic mass is 16.7. The van der Waals surface area contributed by atoms with Gasteiger partial charge in [-0.2, -0.15) is 0 Å². The molecule has 1 unspecified atom stereocenters. The van der Waals surface area contributed by atoms with Crippen LogP contribution >= 0.6 is 0 Å². The summed E-state index contributed by atoms with van der Waals surface area (Å²) in [4.78, 5) is 32.3. The average Bonchev–Trinajstić information content (AvgIpc) is 2.12. The second-order valence-electron chi connectivity index (χ2n) is 3.03. The van der Waals surface area contributed by atoms with E-state index < -0.39 is 24.2 Å². The average molecular weight is 230 g/mol. The maximum absolute atomic E-state index is 11.1. The van der Waals surface area contributed by atoms with E-state index in [9.17, 15) is 14.4 Å². The molecule has 0 aliphatic carbocycles. The van der Waals surface area contributed by atoms with E-state index in [0.717, 1.165) is 6.92 Å². The topological polar surface area (TPSA) is 78.9 Å². The molecule has 0 aromatic carbocycles. The first-order valence-electron chi connectivity index (χ1n) is 4.50. The van der Waals surface area contributed by atoms with Crippen molar-refractivity contribution in [3.63, 3.8) is 0 Å². The minimum Gasteiger partial charge on any atom is -0.458 e. The minimum atomic E-state index is -1.24. The van der Waals surface area contributed by atoms with Crippen molar-refractivity contribution in [3.05, 3.63) is 12.2 Å². The van der Waals surface area contributed by atoms with Gasteiger partial charge in [-0.05, 0) is 6.92 Å². The summed E-state index contributed by atoms with van der Waals surface area (Å²) < 4.78 is 13.9. The van der Waals surface area contributed by atoms with Crippen LogP contribution in [0.5, 0.6) is 0 Å². The van der Waals surface area contributed by atoms with Gasteiger partial charge in [0.1, 0.15) is 0 Å². The van der Waals surface area contributed by atoms with Gasteiger partial charge < -0.3 is 14.2 Å². The molecular weight excluding hydrogens is 216 g/mol. The van der Waals surface area contributed by atoms with Gasteiger partial charge in [-0.25, -0.2) is 4.79 Å². The Morgan fingerprint density at radius 1 is 1.06 bits per heavy atom. The molecule has 0 N–H and O–H groups in total. The fourth-order valence-electron chi connectivity index (χ4n) is 0.683. The summed E-state index contributed by atoms with van der Waals surface area (Å²) in [6.07, 6.45) is -1.24. The Balaban J connectivity index is 4.30. The van der Waals surface area contributed by atoms with Crippen LogP contribution in [0.25, 0.3) is 0 Å². The van der Waals surface area contributed by atoms with Gasteiger partial charge >= 0.3 is 17.9 Å². The van der Waals surface area contributed by atoms with Crippen molar-refractivity contribution >= 4 is 17.9 Å². The van der Waals surface area contributed by atoms with Crippen molar-refractivity contribution in [2.45, 2.75) is 27.1 Å². The van der Waals surface area contributed by atoms with Crippen LogP contribution in [-0.2, 0) is 28.6 Å². The first-order valence-corrected chi connectivity index (χ1v) is 4.50. The molecule has 0 rings (SSSR count). The van der Waals surface area contributed by atoms with Crippen molar-refractivity contribution in [1.82, 2.24) is 0 Å². The fraction of sp³-hybridized carbons (Fsp3) is 0.500. The minimum absolute atomic E-state index is 0.153. The molecule has 16 heavy (non-hydrogen) atoms. The number of carbonyl (C=O) groups is 3. The monoisotopic (exact) mass is 230 g/mol. The molecule has 0 saturated carbocycles. The maximum atomic E-state index is 11.1. The van der Waals surface area contributed by atoms with Crippen LogP contribution in [-0.4, -0.2) is 30.8 Å². The summed E-state index contributed by atoms with van der Waals surface area (Å²) in [7, 11) is 0. The van der Waals surface area contributed by atoms with Gasteiger partial charge in [0, 0.05) is 19.4 Å². The lowest BCUT2D eigenvalue weighted by Gasteiger charge is -2.16. The van der Waals surface area contributed by atoms with Crippen LogP contribution in [0.15, 0.2) is 12.2 Å². The number of hydrogen-bond acceptors (Lipinski definition) is 6. The van der Waals surface area contributed by atoms with E-state index in [-0.39, 0.29) is 12.2 Å². The molecule has 0 aromatic rings. The number of esters is 3. The largest absolute Gasteiger partial charge is 0.458 e. The SMILES string of the molecule is C=C(C)C(=O)OC(COC(C)=O)OC(C)=O. The van der Waals surface area contributed by atoms with Crippen molar-refractivity contribution in [2.24, 2.45) is 0 Å². The van der Waals surface area contributed by atoms with E-state index in [4.69, 9.17) is 4.74 Å². The van der Waals surface area contributed by atoms with Crippen LogP contribution in [0.2, 0.25) is 0 Å². The third-order valence-corrected chi connectivity index (χ3v) is 1.31. The Kier molecular flexibility index (Phi) is 5.84. The van der Waals surface area contributed by atoms with Crippen molar-refractivity contribution in [1.29, 1.82) is 0 Å². The molecule has 6 heteroatoms. The Labute approximate surface area is 93.2 Å². The predicted molar refractivity (Wildman–Crippen MR) is 53.1 cm³/mol. The first kappa shape index (κ1) is 14.2. The zero-order valence-corrected chi connectivity index (χ0v) is 9.44. The highest BCUT2D eigenvalue weighted by Crippen LogP contribution is 2.02. The summed E-state index contributed by atoms with van der Waals surface area (Å²) in [6, 6.07) is 0. The lowest BCUT2D eigenvalue weighted by atomic mass is 10.4. The predicted octanol–water partition coefficient (Wildman–Crippen LogP) is 0.558. The van der Waals surface area contributed by atoms with E-state index in [1.165, 1.54) is 13.8 Å². The standard InChI is InChI=1S/C10H14O6/c1-6(2)10(13)16-9(15-8(4)12)5-14-7(3)11/h9H,1,5H2,2-4H3. The number of carbonyl (C=O) groups excluding carboxylic acids is 3. The second kappa shape index (κ2) is 6.60. The number of rotatable bonds is 5. The molecule has 6 nitrogen and oxygen atoms in total. The summed E-state index contributed by atoms with van der Waals surface area (Å²) in [5.74, 6) is -1.94. The van der Waals surface area contributed by atoms with Crippen molar-refractivity contribution in [3.8, 4) is 0 Å². The Hall–Kier alpha value is -1.85. The lowest BCUT2D eigenvalue weighted by Crippen LogP contribution is -2.29. The zero-order chi connectivity index (χ0) is 12.7. The third kappa shape index (κ3) is 6.58. The van der Waals surface area contributed by atoms with Gasteiger partial charge in [-0.15, -0.1) is 0 Å². The van der Waals surface area contributed by atoms with E-state index in [0.29, 0.717) is 0 Å². The van der Waals surface area contributed by atoms with Gasteiger partial charge in [0.2, 0.25) is 0 Å². The fourth-order valence-corrected chi connectivity index (χ4v) is 0.683. The molecule has 90 valence electrons. The Morgan fingerprint density at radius 3 is 2.00 bits per heavy atom. The van der Waals surface area contributed by atoms with Gasteiger partial charge in [0.05, 0.1) is 0 Å². The molecule has 1 atom stereocenters. The summed E-state index contributed by atoms with van der Waals surface area (Å²) in [5.41, 5.74) is 0.153. The molecule has 0 radical (unpaired) electrons. The van der Waals surface area contributed by atoms with Gasteiger partial charge in [0.15, 0.2) is 6.61 Å². The van der Waals surface area contributed by atoms with Gasteiger partial charge in [0.25, 0.3) is 6.29 Å². The second-order valence-corrected chi connectivity index (χ2v) is 3.03. The highest BCUT2D eigenvalue weighted by molar-refractivity contribution is 5.87. The number of ether oxygens (including phenoxy) is 3. The molecule has 0 aliphatic heterocycles. The van der Waals surface area contributed by atoms with Gasteiger partial charge in [-0.1, -0.05) is 6.58 Å². The molecule has 0 bridgehead atoms. The first-order chi connectivity index (χ1) is 7.32. The smallest absolute Gasteiger partial charge is 0.336 e. The van der Waals surface area contributed by atoms with Gasteiger partial charge in [-0.3, -0.25) is 9.59 Å². The molecule has 0 aromatic heterocycles. The lowest BCUT2D eigenvalue weighted by molar-refractivity contribution is -0.195. The highest BCUT2D eigenvalue weighted by Gasteiger charge is 2.19. The molecule has 0 saturated heterocycles. The Bertz CT molecular complexity index is 306. The Morgan fingerprint density at radius 2 is 1.62 bits per heavy atom. The van der Waals surface area contributed by atoms with E-state index >= 15 is 0 Å². The molecule has 0 spiro atoms. The molecule has 0 amide bonds. The van der Waals surface area contributed by atoms with Crippen LogP contribution in [0.3, 0.4) is 0 Å². The van der Waals surface area contributed by atoms with Crippen LogP contribution in [0, 0.1) is 0 Å². The van der Waals surface area contributed by atoms with Crippen LogP contribution < -0.4 is 0 Å². The normalized spacial score (nSPS) is 11.2. The van der Waals surface area contributed by atoms with E-state index in [1.54, 1.807) is 0 Å². The third-order valence-electron chi connectivity index (χ3n) is 1.31. The van der Waals surface area contributed by atoms with Crippen LogP contribution in [0.4, 0.5) is 0 Å².